The lowest BCUT2D eigenvalue weighted by Gasteiger charge is -2.43. The first-order chi connectivity index (χ1) is 56.1. The van der Waals surface area contributed by atoms with Gasteiger partial charge in [-0.2, -0.15) is 0 Å². The van der Waals surface area contributed by atoms with E-state index in [2.05, 4.69) is 94.3 Å². The van der Waals surface area contributed by atoms with Gasteiger partial charge in [0.2, 0.25) is 37.9 Å². The highest BCUT2D eigenvalue weighted by Crippen LogP contribution is 2.45. The molecule has 0 radical (unpaired) electrons. The molecule has 2 aromatic carbocycles. The summed E-state index contributed by atoms with van der Waals surface area (Å²) in [6.45, 7) is 76.1. The highest BCUT2D eigenvalue weighted by atomic mass is 35.5. The van der Waals surface area contributed by atoms with Crippen LogP contribution in [0.4, 0.5) is 19.2 Å². The Kier molecular flexibility index (Phi) is 37.4. The number of benzene rings is 2. The van der Waals surface area contributed by atoms with E-state index >= 15 is 28.8 Å². The monoisotopic (exact) mass is 1880 g/mol. The summed E-state index contributed by atoms with van der Waals surface area (Å²) in [6.07, 6.45) is -10.2. The van der Waals surface area contributed by atoms with Gasteiger partial charge < -0.3 is 81.9 Å². The Morgan fingerprint density at radius 3 is 1.40 bits per heavy atom. The third-order valence-corrected chi connectivity index (χ3v) is 48.7. The predicted octanol–water partition coefficient (Wildman–Crippen LogP) is 18.3. The Hall–Kier alpha value is -6.07. The molecule has 0 saturated carbocycles. The molecule has 0 aromatic heterocycles. The third-order valence-electron chi connectivity index (χ3n) is 24.9. The Morgan fingerprint density at radius 2 is 0.952 bits per heavy atom. The molecule has 0 spiro atoms. The van der Waals surface area contributed by atoms with E-state index in [-0.39, 0.29) is 66.9 Å². The summed E-state index contributed by atoms with van der Waals surface area (Å²) in [5.41, 5.74) is -2.25. The van der Waals surface area contributed by atoms with Crippen molar-refractivity contribution >= 4 is 121 Å². The molecule has 125 heavy (non-hydrogen) atoms. The molecule has 2 aliphatic rings. The first-order valence-electron chi connectivity index (χ1n) is 44.3. The first kappa shape index (κ1) is 111. The van der Waals surface area contributed by atoms with Crippen molar-refractivity contribution in [2.75, 3.05) is 19.6 Å². The smallest absolute Gasteiger partial charge is 0.426 e. The molecule has 12 atom stereocenters. The molecule has 2 fully saturated rings. The average Bonchev–Trinajstić information content (AvgIpc) is 1.62. The number of nitrogens with zero attached hydrogens (tertiary/aromatic N) is 3. The SMILES string of the molecule is CC(O[Si](C)(C)C(C)(C)C)[C@H](NC(=O)[C@@H](NC(=O)[C@@H]1C[C@@H](O[Si](C)(C)C(C)(C)C)CN1C(=O)[C@@H](NC(=O)[C@@H](CCCNC(=O)OCc1ccccc1Cl)NC(=O)OC(C)(C)C)C(C)O[Si](C)(C)C(C)(C)C)[C@@H](Cc1ccc(O[Si](C)(C)C(C)(C)C)cc1)O[Si](C)(C)C)C(=O)N1C[C@H](C)[C@H](O[Si](C)(C)C(C)(C)C)[C@H]1C(=O)N(C(=O)OC(C)(C)C)C(=O)OC(C)(C)C. The van der Waals surface area contributed by atoms with Gasteiger partial charge in [0.05, 0.1) is 30.5 Å². The van der Waals surface area contributed by atoms with Crippen LogP contribution in [0, 0.1) is 5.92 Å². The van der Waals surface area contributed by atoms with E-state index in [4.69, 9.17) is 57.1 Å². The van der Waals surface area contributed by atoms with Gasteiger partial charge in [0.1, 0.15) is 65.4 Å². The van der Waals surface area contributed by atoms with Gasteiger partial charge in [-0.3, -0.25) is 28.8 Å². The fourth-order valence-corrected chi connectivity index (χ4v) is 20.8. The van der Waals surface area contributed by atoms with Crippen molar-refractivity contribution in [3.63, 3.8) is 0 Å². The summed E-state index contributed by atoms with van der Waals surface area (Å²) in [4.78, 5) is 158. The van der Waals surface area contributed by atoms with Gasteiger partial charge in [0.15, 0.2) is 41.6 Å². The number of rotatable bonds is 33. The summed E-state index contributed by atoms with van der Waals surface area (Å²) >= 11 is 6.35. The zero-order valence-electron chi connectivity index (χ0n) is 83.6. The van der Waals surface area contributed by atoms with Crippen LogP contribution < -0.4 is 31.0 Å². The second kappa shape index (κ2) is 42.0. The van der Waals surface area contributed by atoms with E-state index in [0.717, 1.165) is 0 Å². The number of hydrogen-bond acceptors (Lipinski definition) is 20. The van der Waals surface area contributed by atoms with Crippen molar-refractivity contribution < 1.29 is 93.4 Å². The summed E-state index contributed by atoms with van der Waals surface area (Å²) < 4.78 is 65.5. The number of carbonyl (C=O) groups is 10. The number of carbonyl (C=O) groups excluding carboxylic acids is 10. The molecule has 2 aliphatic heterocycles. The van der Waals surface area contributed by atoms with Crippen molar-refractivity contribution in [3.8, 4) is 5.75 Å². The fourth-order valence-electron chi connectivity index (χ4n) is 12.9. The lowest BCUT2D eigenvalue weighted by Crippen LogP contribution is -2.66. The summed E-state index contributed by atoms with van der Waals surface area (Å²) in [5, 5.41) is 13.1. The van der Waals surface area contributed by atoms with Crippen molar-refractivity contribution in [1.29, 1.82) is 0 Å². The van der Waals surface area contributed by atoms with Gasteiger partial charge in [-0.25, -0.2) is 19.2 Å². The van der Waals surface area contributed by atoms with Crippen LogP contribution in [0.25, 0.3) is 0 Å². The first-order valence-corrected chi connectivity index (χ1v) is 62.6. The maximum absolute atomic E-state index is 17.0. The topological polar surface area (TPSA) is 333 Å². The van der Waals surface area contributed by atoms with Crippen LogP contribution in [-0.4, -0.2) is 228 Å². The minimum Gasteiger partial charge on any atom is -0.544 e. The van der Waals surface area contributed by atoms with E-state index in [1.165, 1.54) is 9.80 Å². The zero-order chi connectivity index (χ0) is 96.7. The molecule has 5 N–H and O–H groups in total. The van der Waals surface area contributed by atoms with Gasteiger partial charge >= 0.3 is 24.4 Å². The molecule has 0 bridgehead atoms. The molecular formula is C90H161ClN8O20Si6. The maximum atomic E-state index is 17.0. The van der Waals surface area contributed by atoms with Crippen LogP contribution in [0.5, 0.6) is 5.75 Å². The molecule has 0 aliphatic carbocycles. The number of imide groups is 3. The van der Waals surface area contributed by atoms with E-state index in [1.54, 1.807) is 100 Å². The highest BCUT2D eigenvalue weighted by molar-refractivity contribution is 6.76. The third kappa shape index (κ3) is 32.5. The zero-order valence-corrected chi connectivity index (χ0v) is 90.3. The van der Waals surface area contributed by atoms with Crippen molar-refractivity contribution in [2.24, 2.45) is 5.92 Å². The number of ether oxygens (including phenoxy) is 4. The Morgan fingerprint density at radius 1 is 0.504 bits per heavy atom. The van der Waals surface area contributed by atoms with Crippen LogP contribution in [-0.2, 0) is 82.9 Å². The average molecular weight is 1880 g/mol. The molecule has 2 unspecified atom stereocenters. The van der Waals surface area contributed by atoms with E-state index in [9.17, 15) is 19.2 Å². The number of halogens is 1. The lowest BCUT2D eigenvalue weighted by atomic mass is 9.99. The lowest BCUT2D eigenvalue weighted by molar-refractivity contribution is -0.149. The number of alkyl carbamates (subject to hydrolysis) is 2. The van der Waals surface area contributed by atoms with Gasteiger partial charge in [0, 0.05) is 42.6 Å². The van der Waals surface area contributed by atoms with Crippen molar-refractivity contribution in [3.05, 3.63) is 64.7 Å². The molecule has 35 heteroatoms. The number of nitrogens with one attached hydrogen (secondary N) is 5. The second-order valence-electron chi connectivity index (χ2n) is 45.7. The minimum atomic E-state index is -3.00. The van der Waals surface area contributed by atoms with E-state index in [0.29, 0.717) is 21.9 Å². The maximum Gasteiger partial charge on any atom is 0.426 e. The second-order valence-corrected chi connectivity index (χ2v) is 74.3. The van der Waals surface area contributed by atoms with Gasteiger partial charge in [-0.05, 0) is 229 Å². The number of hydrogen-bond donors (Lipinski definition) is 5. The molecular weight excluding hydrogens is 1720 g/mol. The largest absolute Gasteiger partial charge is 0.544 e. The van der Waals surface area contributed by atoms with E-state index in [1.807, 2.05) is 152 Å². The molecule has 2 aromatic rings. The fraction of sp³-hybridized carbons (Fsp3) is 0.756. The number of likely N-dealkylation sites (tertiary alicyclic amines) is 2. The minimum absolute atomic E-state index is 0.0168. The Labute approximate surface area is 760 Å². The molecule has 2 heterocycles. The highest BCUT2D eigenvalue weighted by Gasteiger charge is 2.58. The number of amides is 10. The molecule has 712 valence electrons. The van der Waals surface area contributed by atoms with Crippen LogP contribution >= 0.6 is 11.6 Å². The van der Waals surface area contributed by atoms with Crippen LogP contribution in [0.15, 0.2) is 48.5 Å². The summed E-state index contributed by atoms with van der Waals surface area (Å²) in [5.74, 6) is -5.45. The van der Waals surface area contributed by atoms with E-state index < -0.39 is 214 Å². The predicted molar refractivity (Wildman–Crippen MR) is 508 cm³/mol. The molecule has 10 amide bonds. The van der Waals surface area contributed by atoms with Crippen molar-refractivity contribution in [1.82, 2.24) is 41.3 Å². The van der Waals surface area contributed by atoms with Crippen molar-refractivity contribution in [2.45, 2.75) is 413 Å². The summed E-state index contributed by atoms with van der Waals surface area (Å²) in [7, 11) is -16.9. The quantitative estimate of drug-likeness (QED) is 0.0252. The molecule has 28 nitrogen and oxygen atoms in total. The Balaban J connectivity index is 2.16. The normalized spacial score (nSPS) is 19.3. The summed E-state index contributed by atoms with van der Waals surface area (Å²) in [6, 6.07) is 4.70. The van der Waals surface area contributed by atoms with Crippen LogP contribution in [0.2, 0.25) is 115 Å². The standard InChI is InChI=1S/C90H161ClN8O20Si6/c1-57-54-98(71(72(57)119-125(39,40)90(25,26)27)78(105)99(81(108)112-84(7,8)9)82(109)113-85(10,11)12)77(104)69(59(3)115-122(33,34)87(16,17)18)95-75(102)70(67(118-120(28,29)30)52-60-47-49-62(50-48-60)116-123(35,36)88(19,20)21)96-74(101)66-53-63(117-124(37,38)89(22,23)24)55-97(66)76(103)68(58(2)114-121(31,32)86(13,14)15)94-73(100)65(93-80(107)111-83(4,5)6)46-43-51-92-79(106)110-56-61-44-41-42-45-64(61)91/h41-42,44-45,47-50,57-59,63,65-72H,43,46,51-56H2,1-40H3,(H,92,106)(H,93,107)(H,94,100)(H,95,102)(H,96,101)/t57-,58?,59?,63+,65+,66-,67+,68-,69-,70-,71-,72-/m0/s1. The molecule has 4 rings (SSSR count). The van der Waals surface area contributed by atoms with Crippen LogP contribution in [0.1, 0.15) is 217 Å². The van der Waals surface area contributed by atoms with Gasteiger partial charge in [-0.1, -0.05) is 153 Å². The Bertz CT molecular complexity index is 4020. The van der Waals surface area contributed by atoms with Crippen LogP contribution in [0.3, 0.4) is 0 Å². The van der Waals surface area contributed by atoms with Gasteiger partial charge in [-0.15, -0.1) is 4.90 Å². The molecule has 2 saturated heterocycles. The van der Waals surface area contributed by atoms with Gasteiger partial charge in [0.25, 0.3) is 5.91 Å².